The van der Waals surface area contributed by atoms with Crippen molar-refractivity contribution in [1.82, 2.24) is 4.98 Å². The van der Waals surface area contributed by atoms with E-state index in [1.54, 1.807) is 14.2 Å². The van der Waals surface area contributed by atoms with Crippen molar-refractivity contribution in [2.24, 2.45) is 0 Å². The van der Waals surface area contributed by atoms with E-state index in [-0.39, 0.29) is 0 Å². The quantitative estimate of drug-likeness (QED) is 0.630. The van der Waals surface area contributed by atoms with Gasteiger partial charge in [0.25, 0.3) is 0 Å². The van der Waals surface area contributed by atoms with Gasteiger partial charge in [0.1, 0.15) is 12.4 Å². The van der Waals surface area contributed by atoms with E-state index in [1.165, 1.54) is 11.1 Å². The lowest BCUT2D eigenvalue weighted by molar-refractivity contribution is 0.305. The largest absolute Gasteiger partial charge is 0.493 e. The Balaban J connectivity index is 1.78. The molecule has 3 aromatic rings. The van der Waals surface area contributed by atoms with Gasteiger partial charge in [-0.05, 0) is 60.9 Å². The fourth-order valence-electron chi connectivity index (χ4n) is 2.71. The van der Waals surface area contributed by atoms with Crippen LogP contribution < -0.4 is 14.2 Å². The number of aromatic nitrogens is 1. The van der Waals surface area contributed by atoms with Crippen molar-refractivity contribution < 1.29 is 14.2 Å². The summed E-state index contributed by atoms with van der Waals surface area (Å²) in [5.41, 5.74) is 5.51. The van der Waals surface area contributed by atoms with Crippen molar-refractivity contribution in [2.45, 2.75) is 20.5 Å². The molecule has 0 unspecified atom stereocenters. The van der Waals surface area contributed by atoms with Crippen molar-refractivity contribution in [1.29, 1.82) is 0 Å². The zero-order valence-electron chi connectivity index (χ0n) is 15.6. The van der Waals surface area contributed by atoms with Crippen LogP contribution in [0.2, 0.25) is 0 Å². The van der Waals surface area contributed by atoms with Gasteiger partial charge in [0.2, 0.25) is 0 Å². The van der Waals surface area contributed by atoms with Crippen molar-refractivity contribution in [3.8, 4) is 28.4 Å². The Morgan fingerprint density at radius 2 is 1.58 bits per heavy atom. The van der Waals surface area contributed by atoms with Gasteiger partial charge in [-0.3, -0.25) is 4.98 Å². The van der Waals surface area contributed by atoms with Gasteiger partial charge < -0.3 is 14.2 Å². The number of nitrogens with zero attached hydrogens (tertiary/aromatic N) is 1. The number of hydrogen-bond acceptors (Lipinski definition) is 4. The minimum Gasteiger partial charge on any atom is -0.493 e. The molecule has 0 saturated carbocycles. The molecule has 0 aliphatic rings. The van der Waals surface area contributed by atoms with E-state index >= 15 is 0 Å². The number of rotatable bonds is 6. The van der Waals surface area contributed by atoms with Crippen molar-refractivity contribution in [2.75, 3.05) is 14.2 Å². The van der Waals surface area contributed by atoms with Crippen molar-refractivity contribution in [3.63, 3.8) is 0 Å². The van der Waals surface area contributed by atoms with Gasteiger partial charge in [0, 0.05) is 23.5 Å². The van der Waals surface area contributed by atoms with Crippen molar-refractivity contribution >= 4 is 0 Å². The minimum absolute atomic E-state index is 0.469. The first-order valence-electron chi connectivity index (χ1n) is 8.47. The number of aryl methyl sites for hydroxylation is 2. The van der Waals surface area contributed by atoms with Gasteiger partial charge in [0.15, 0.2) is 11.5 Å². The molecule has 0 aliphatic carbocycles. The normalized spacial score (nSPS) is 10.5. The maximum atomic E-state index is 5.92. The smallest absolute Gasteiger partial charge is 0.161 e. The Hall–Kier alpha value is -3.01. The van der Waals surface area contributed by atoms with Crippen LogP contribution in [0.3, 0.4) is 0 Å². The molecule has 1 heterocycles. The monoisotopic (exact) mass is 349 g/mol. The van der Waals surface area contributed by atoms with Crippen LogP contribution in [-0.4, -0.2) is 19.2 Å². The first kappa shape index (κ1) is 17.8. The average molecular weight is 349 g/mol. The molecule has 4 heteroatoms. The fraction of sp³-hybridized carbons (Fsp3) is 0.227. The zero-order chi connectivity index (χ0) is 18.5. The van der Waals surface area contributed by atoms with Gasteiger partial charge in [0.05, 0.1) is 14.2 Å². The molecule has 3 rings (SSSR count). The topological polar surface area (TPSA) is 40.6 Å². The maximum absolute atomic E-state index is 5.92. The maximum Gasteiger partial charge on any atom is 0.161 e. The van der Waals surface area contributed by atoms with E-state index in [9.17, 15) is 0 Å². The molecule has 0 atom stereocenters. The minimum atomic E-state index is 0.469. The molecule has 26 heavy (non-hydrogen) atoms. The van der Waals surface area contributed by atoms with Crippen LogP contribution >= 0.6 is 0 Å². The van der Waals surface area contributed by atoms with Gasteiger partial charge in [-0.2, -0.15) is 0 Å². The van der Waals surface area contributed by atoms with Crippen molar-refractivity contribution in [3.05, 3.63) is 71.5 Å². The third kappa shape index (κ3) is 3.97. The Morgan fingerprint density at radius 1 is 0.769 bits per heavy atom. The second kappa shape index (κ2) is 7.91. The molecular weight excluding hydrogens is 326 g/mol. The van der Waals surface area contributed by atoms with E-state index < -0.39 is 0 Å². The lowest BCUT2D eigenvalue weighted by Crippen LogP contribution is -1.97. The summed E-state index contributed by atoms with van der Waals surface area (Å²) in [7, 11) is 3.26. The molecule has 0 bridgehead atoms. The molecule has 0 fully saturated rings. The summed E-state index contributed by atoms with van der Waals surface area (Å²) >= 11 is 0. The van der Waals surface area contributed by atoms with Crippen LogP contribution in [0, 0.1) is 13.8 Å². The SMILES string of the molecule is COc1ccc(-c2cncc(COc3ccc(C)c(C)c3)c2)cc1OC. The third-order valence-electron chi connectivity index (χ3n) is 4.40. The highest BCUT2D eigenvalue weighted by Crippen LogP contribution is 2.32. The average Bonchev–Trinajstić information content (AvgIpc) is 2.68. The Morgan fingerprint density at radius 3 is 2.31 bits per heavy atom. The van der Waals surface area contributed by atoms with E-state index in [4.69, 9.17) is 14.2 Å². The molecule has 0 N–H and O–H groups in total. The number of ether oxygens (including phenoxy) is 3. The van der Waals surface area contributed by atoms with Gasteiger partial charge >= 0.3 is 0 Å². The number of hydrogen-bond donors (Lipinski definition) is 0. The van der Waals surface area contributed by atoms with Crippen LogP contribution in [-0.2, 0) is 6.61 Å². The highest BCUT2D eigenvalue weighted by Gasteiger charge is 2.07. The highest BCUT2D eigenvalue weighted by atomic mass is 16.5. The van der Waals surface area contributed by atoms with E-state index in [2.05, 4.69) is 37.0 Å². The molecular formula is C22H23NO3. The van der Waals surface area contributed by atoms with Crippen LogP contribution in [0.25, 0.3) is 11.1 Å². The van der Waals surface area contributed by atoms with Gasteiger partial charge in [-0.1, -0.05) is 12.1 Å². The highest BCUT2D eigenvalue weighted by molar-refractivity contribution is 5.67. The van der Waals surface area contributed by atoms with Crippen LogP contribution in [0.5, 0.6) is 17.2 Å². The third-order valence-corrected chi connectivity index (χ3v) is 4.40. The van der Waals surface area contributed by atoms with Crippen LogP contribution in [0.15, 0.2) is 54.9 Å². The Labute approximate surface area is 154 Å². The molecule has 0 saturated heterocycles. The molecule has 134 valence electrons. The van der Waals surface area contributed by atoms with E-state index in [0.717, 1.165) is 22.4 Å². The molecule has 1 aromatic heterocycles. The summed E-state index contributed by atoms with van der Waals surface area (Å²) in [6.45, 7) is 4.65. The summed E-state index contributed by atoms with van der Waals surface area (Å²) < 4.78 is 16.6. The second-order valence-electron chi connectivity index (χ2n) is 6.19. The summed E-state index contributed by atoms with van der Waals surface area (Å²) in [5.74, 6) is 2.27. The number of benzene rings is 2. The van der Waals surface area contributed by atoms with E-state index in [0.29, 0.717) is 18.1 Å². The molecule has 4 nitrogen and oxygen atoms in total. The van der Waals surface area contributed by atoms with Gasteiger partial charge in [-0.15, -0.1) is 0 Å². The standard InChI is InChI=1S/C22H23NO3/c1-15-5-7-20(9-16(15)2)26-14-17-10-19(13-23-12-17)18-6-8-21(24-3)22(11-18)25-4/h5-13H,14H2,1-4H3. The number of methoxy groups -OCH3 is 2. The first-order valence-corrected chi connectivity index (χ1v) is 8.47. The Kier molecular flexibility index (Phi) is 5.42. The van der Waals surface area contributed by atoms with Crippen LogP contribution in [0.1, 0.15) is 16.7 Å². The van der Waals surface area contributed by atoms with E-state index in [1.807, 2.05) is 36.7 Å². The number of pyridine rings is 1. The second-order valence-corrected chi connectivity index (χ2v) is 6.19. The summed E-state index contributed by atoms with van der Waals surface area (Å²) in [6, 6.07) is 14.0. The molecule has 0 radical (unpaired) electrons. The predicted octanol–water partition coefficient (Wildman–Crippen LogP) is 4.96. The fourth-order valence-corrected chi connectivity index (χ4v) is 2.71. The summed E-state index contributed by atoms with van der Waals surface area (Å²) in [6.07, 6.45) is 3.66. The lowest BCUT2D eigenvalue weighted by atomic mass is 10.1. The van der Waals surface area contributed by atoms with Gasteiger partial charge in [-0.25, -0.2) is 0 Å². The van der Waals surface area contributed by atoms with Crippen LogP contribution in [0.4, 0.5) is 0 Å². The molecule has 0 amide bonds. The Bertz CT molecular complexity index is 906. The summed E-state index contributed by atoms with van der Waals surface area (Å²) in [5, 5.41) is 0. The predicted molar refractivity (Wildman–Crippen MR) is 103 cm³/mol. The zero-order valence-corrected chi connectivity index (χ0v) is 15.6. The molecule has 0 aliphatic heterocycles. The molecule has 0 spiro atoms. The lowest BCUT2D eigenvalue weighted by Gasteiger charge is -2.11. The first-order chi connectivity index (χ1) is 12.6. The molecule has 2 aromatic carbocycles. The summed E-state index contributed by atoms with van der Waals surface area (Å²) in [4.78, 5) is 4.35.